The summed E-state index contributed by atoms with van der Waals surface area (Å²) in [5.74, 6) is 0.686. The zero-order valence-electron chi connectivity index (χ0n) is 13.4. The van der Waals surface area contributed by atoms with Gasteiger partial charge in [-0.2, -0.15) is 4.31 Å². The average molecular weight is 342 g/mol. The highest BCUT2D eigenvalue weighted by molar-refractivity contribution is 7.88. The third-order valence-corrected chi connectivity index (χ3v) is 5.92. The summed E-state index contributed by atoms with van der Waals surface area (Å²) in [6.45, 7) is 4.07. The Labute approximate surface area is 136 Å². The Hall–Kier alpha value is -1.38. The first-order chi connectivity index (χ1) is 10.9. The van der Waals surface area contributed by atoms with Gasteiger partial charge in [0.1, 0.15) is 5.76 Å². The molecule has 3 rings (SSSR count). The quantitative estimate of drug-likeness (QED) is 0.791. The van der Waals surface area contributed by atoms with E-state index in [1.807, 2.05) is 0 Å². The average Bonchev–Trinajstić information content (AvgIpc) is 2.80. The molecule has 0 saturated carbocycles. The van der Waals surface area contributed by atoms with Gasteiger partial charge in [0, 0.05) is 32.1 Å². The third-order valence-electron chi connectivity index (χ3n) is 4.65. The Balaban J connectivity index is 1.70. The molecule has 128 valence electrons. The summed E-state index contributed by atoms with van der Waals surface area (Å²) in [4.78, 5) is 14.3. The van der Waals surface area contributed by atoms with Gasteiger partial charge < -0.3 is 14.1 Å². The largest absolute Gasteiger partial charge is 0.469 e. The molecular formula is C15H22N2O5S. The highest BCUT2D eigenvalue weighted by Crippen LogP contribution is 2.26. The molecule has 1 aromatic rings. The Morgan fingerprint density at radius 2 is 2.09 bits per heavy atom. The first-order valence-corrected chi connectivity index (χ1v) is 9.61. The highest BCUT2D eigenvalue weighted by Gasteiger charge is 2.37. The second-order valence-corrected chi connectivity index (χ2v) is 8.20. The van der Waals surface area contributed by atoms with Gasteiger partial charge >= 0.3 is 0 Å². The summed E-state index contributed by atoms with van der Waals surface area (Å²) in [6.07, 6.45) is 3.36. The normalized spacial score (nSPS) is 26.6. The fourth-order valence-corrected chi connectivity index (χ4v) is 4.15. The van der Waals surface area contributed by atoms with E-state index in [1.165, 1.54) is 16.8 Å². The molecule has 1 aromatic heterocycles. The van der Waals surface area contributed by atoms with Crippen LogP contribution in [-0.2, 0) is 14.8 Å². The van der Waals surface area contributed by atoms with Gasteiger partial charge in [-0.3, -0.25) is 4.79 Å². The van der Waals surface area contributed by atoms with Crippen molar-refractivity contribution in [1.29, 1.82) is 0 Å². The SMILES string of the molecule is Cc1occc1C(=O)N1CC[C@@H]2CN(S(C)(=O)=O)CCO[C@@H]2C1. The summed E-state index contributed by atoms with van der Waals surface area (Å²) in [5, 5.41) is 0. The number of sulfonamides is 1. The van der Waals surface area contributed by atoms with Gasteiger partial charge in [0.25, 0.3) is 5.91 Å². The second-order valence-electron chi connectivity index (χ2n) is 6.22. The standard InChI is InChI=1S/C15H22N2O5S/c1-11-13(4-7-21-11)15(18)16-5-3-12-9-17(23(2,19)20)6-8-22-14(12)10-16/h4,7,12,14H,3,5-6,8-10H2,1-2H3/t12-,14-/m1/s1. The number of carbonyl (C=O) groups excluding carboxylic acids is 1. The first-order valence-electron chi connectivity index (χ1n) is 7.76. The van der Waals surface area contributed by atoms with E-state index in [4.69, 9.17) is 9.15 Å². The minimum absolute atomic E-state index is 0.0532. The molecule has 3 heterocycles. The van der Waals surface area contributed by atoms with Gasteiger partial charge in [-0.25, -0.2) is 8.42 Å². The molecule has 1 amide bonds. The van der Waals surface area contributed by atoms with Crippen molar-refractivity contribution in [3.05, 3.63) is 23.7 Å². The Morgan fingerprint density at radius 1 is 1.30 bits per heavy atom. The van der Waals surface area contributed by atoms with Crippen LogP contribution in [0.5, 0.6) is 0 Å². The number of hydrogen-bond donors (Lipinski definition) is 0. The molecule has 0 unspecified atom stereocenters. The van der Waals surface area contributed by atoms with Crippen molar-refractivity contribution in [2.75, 3.05) is 39.0 Å². The monoisotopic (exact) mass is 342 g/mol. The minimum atomic E-state index is -3.21. The molecule has 8 heteroatoms. The molecular weight excluding hydrogens is 320 g/mol. The molecule has 2 saturated heterocycles. The van der Waals surface area contributed by atoms with Crippen LogP contribution >= 0.6 is 0 Å². The smallest absolute Gasteiger partial charge is 0.257 e. The molecule has 0 N–H and O–H groups in total. The second kappa shape index (κ2) is 6.26. The van der Waals surface area contributed by atoms with Gasteiger partial charge in [-0.05, 0) is 19.4 Å². The van der Waals surface area contributed by atoms with Crippen molar-refractivity contribution in [3.63, 3.8) is 0 Å². The van der Waals surface area contributed by atoms with Crippen molar-refractivity contribution in [3.8, 4) is 0 Å². The molecule has 0 radical (unpaired) electrons. The van der Waals surface area contributed by atoms with Crippen LogP contribution in [0.15, 0.2) is 16.7 Å². The maximum Gasteiger partial charge on any atom is 0.257 e. The maximum atomic E-state index is 12.6. The lowest BCUT2D eigenvalue weighted by atomic mass is 9.93. The van der Waals surface area contributed by atoms with Crippen LogP contribution in [0, 0.1) is 12.8 Å². The topological polar surface area (TPSA) is 80.1 Å². The Kier molecular flexibility index (Phi) is 4.48. The Bertz CT molecular complexity index is 684. The number of nitrogens with zero attached hydrogens (tertiary/aromatic N) is 2. The van der Waals surface area contributed by atoms with Crippen LogP contribution in [0.1, 0.15) is 22.5 Å². The molecule has 0 spiro atoms. The lowest BCUT2D eigenvalue weighted by molar-refractivity contribution is -0.0170. The lowest BCUT2D eigenvalue weighted by Gasteiger charge is -2.37. The molecule has 2 fully saturated rings. The van der Waals surface area contributed by atoms with E-state index in [1.54, 1.807) is 17.9 Å². The fourth-order valence-electron chi connectivity index (χ4n) is 3.28. The van der Waals surface area contributed by atoms with Crippen molar-refractivity contribution in [1.82, 2.24) is 9.21 Å². The van der Waals surface area contributed by atoms with Crippen LogP contribution in [0.25, 0.3) is 0 Å². The van der Waals surface area contributed by atoms with E-state index in [-0.39, 0.29) is 17.9 Å². The fraction of sp³-hybridized carbons (Fsp3) is 0.667. The summed E-state index contributed by atoms with van der Waals surface area (Å²) in [7, 11) is -3.21. The number of fused-ring (bicyclic) bond motifs is 1. The summed E-state index contributed by atoms with van der Waals surface area (Å²) in [5.41, 5.74) is 0.579. The summed E-state index contributed by atoms with van der Waals surface area (Å²) in [6, 6.07) is 1.68. The van der Waals surface area contributed by atoms with Crippen molar-refractivity contribution >= 4 is 15.9 Å². The molecule has 2 aliphatic heterocycles. The molecule has 2 atom stereocenters. The number of furan rings is 1. The Morgan fingerprint density at radius 3 is 2.74 bits per heavy atom. The predicted octanol–water partition coefficient (Wildman–Crippen LogP) is 0.711. The van der Waals surface area contributed by atoms with E-state index >= 15 is 0 Å². The molecule has 0 aliphatic carbocycles. The molecule has 0 bridgehead atoms. The number of carbonyl (C=O) groups is 1. The number of likely N-dealkylation sites (tertiary alicyclic amines) is 1. The zero-order valence-corrected chi connectivity index (χ0v) is 14.2. The molecule has 2 aliphatic rings. The maximum absolute atomic E-state index is 12.6. The zero-order chi connectivity index (χ0) is 16.6. The van der Waals surface area contributed by atoms with Gasteiger partial charge in [0.2, 0.25) is 10.0 Å². The lowest BCUT2D eigenvalue weighted by Crippen LogP contribution is -2.49. The number of ether oxygens (including phenoxy) is 1. The van der Waals surface area contributed by atoms with Crippen molar-refractivity contribution < 1.29 is 22.4 Å². The van der Waals surface area contributed by atoms with Crippen LogP contribution in [-0.4, -0.2) is 68.7 Å². The number of amides is 1. The van der Waals surface area contributed by atoms with Crippen molar-refractivity contribution in [2.24, 2.45) is 5.92 Å². The van der Waals surface area contributed by atoms with Crippen LogP contribution in [0.3, 0.4) is 0 Å². The number of hydrogen-bond acceptors (Lipinski definition) is 5. The van der Waals surface area contributed by atoms with Crippen LogP contribution in [0.4, 0.5) is 0 Å². The minimum Gasteiger partial charge on any atom is -0.469 e. The number of rotatable bonds is 2. The summed E-state index contributed by atoms with van der Waals surface area (Å²) >= 11 is 0. The van der Waals surface area contributed by atoms with Gasteiger partial charge in [0.15, 0.2) is 0 Å². The van der Waals surface area contributed by atoms with Crippen LogP contribution < -0.4 is 0 Å². The molecule has 23 heavy (non-hydrogen) atoms. The van der Waals surface area contributed by atoms with Crippen LogP contribution in [0.2, 0.25) is 0 Å². The van der Waals surface area contributed by atoms with E-state index in [2.05, 4.69) is 0 Å². The molecule has 0 aromatic carbocycles. The van der Waals surface area contributed by atoms with E-state index < -0.39 is 10.0 Å². The first kappa shape index (κ1) is 16.5. The van der Waals surface area contributed by atoms with E-state index in [0.29, 0.717) is 44.1 Å². The van der Waals surface area contributed by atoms with E-state index in [0.717, 1.165) is 6.42 Å². The number of aryl methyl sites for hydroxylation is 1. The van der Waals surface area contributed by atoms with Crippen molar-refractivity contribution in [2.45, 2.75) is 19.4 Å². The highest BCUT2D eigenvalue weighted by atomic mass is 32.2. The number of piperidine rings is 1. The van der Waals surface area contributed by atoms with Gasteiger partial charge in [0.05, 0.1) is 30.8 Å². The molecule has 7 nitrogen and oxygen atoms in total. The third kappa shape index (κ3) is 3.44. The van der Waals surface area contributed by atoms with E-state index in [9.17, 15) is 13.2 Å². The van der Waals surface area contributed by atoms with Gasteiger partial charge in [-0.15, -0.1) is 0 Å². The summed E-state index contributed by atoms with van der Waals surface area (Å²) < 4.78 is 36.1. The van der Waals surface area contributed by atoms with Gasteiger partial charge in [-0.1, -0.05) is 0 Å². The predicted molar refractivity (Wildman–Crippen MR) is 83.6 cm³/mol.